The average molecular weight is 370 g/mol. The zero-order chi connectivity index (χ0) is 18.8. The summed E-state index contributed by atoms with van der Waals surface area (Å²) in [4.78, 5) is 14.8. The third kappa shape index (κ3) is 3.20. The number of nitrogens with one attached hydrogen (secondary N) is 1. The largest absolute Gasteiger partial charge is 0.356 e. The van der Waals surface area contributed by atoms with Crippen LogP contribution in [0, 0.1) is 12.8 Å². The second-order valence-electron chi connectivity index (χ2n) is 9.42. The fourth-order valence-corrected chi connectivity index (χ4v) is 5.25. The number of ether oxygens (including phenoxy) is 1. The van der Waals surface area contributed by atoms with Crippen molar-refractivity contribution in [2.75, 3.05) is 13.7 Å². The van der Waals surface area contributed by atoms with Crippen LogP contribution >= 0.6 is 0 Å². The average Bonchev–Trinajstić information content (AvgIpc) is 3.33. The van der Waals surface area contributed by atoms with Gasteiger partial charge in [-0.2, -0.15) is 0 Å². The number of benzene rings is 1. The first-order valence-electron chi connectivity index (χ1n) is 10.4. The Bertz CT molecular complexity index is 748. The van der Waals surface area contributed by atoms with Gasteiger partial charge in [0.25, 0.3) is 0 Å². The second-order valence-corrected chi connectivity index (χ2v) is 9.42. The van der Waals surface area contributed by atoms with Gasteiger partial charge in [0.1, 0.15) is 0 Å². The molecule has 3 aliphatic carbocycles. The maximum Gasteiger partial charge on any atom is 0.225 e. The van der Waals surface area contributed by atoms with Crippen molar-refractivity contribution in [3.63, 3.8) is 0 Å². The van der Waals surface area contributed by atoms with Crippen LogP contribution < -0.4 is 5.32 Å². The minimum atomic E-state index is -0.874. The van der Waals surface area contributed by atoms with E-state index in [1.54, 1.807) is 0 Å². The SMILES string of the molecule is Cc1cc(C2CC2)cc(C2CC(N(C)C(=O)C3CC4(COC(O)N4)C3)C2)c1. The molecule has 5 nitrogen and oxygen atoms in total. The van der Waals surface area contributed by atoms with Gasteiger partial charge in [0.2, 0.25) is 12.3 Å². The van der Waals surface area contributed by atoms with Crippen LogP contribution in [0.1, 0.15) is 67.1 Å². The molecule has 4 fully saturated rings. The summed E-state index contributed by atoms with van der Waals surface area (Å²) in [5.41, 5.74) is 4.18. The van der Waals surface area contributed by atoms with E-state index in [0.717, 1.165) is 31.6 Å². The van der Waals surface area contributed by atoms with Crippen LogP contribution in [-0.4, -0.2) is 47.6 Å². The highest BCUT2D eigenvalue weighted by Crippen LogP contribution is 2.46. The molecule has 2 N–H and O–H groups in total. The van der Waals surface area contributed by atoms with E-state index in [-0.39, 0.29) is 17.4 Å². The number of aliphatic hydroxyl groups is 1. The number of aryl methyl sites for hydroxylation is 1. The number of hydrogen-bond acceptors (Lipinski definition) is 4. The number of amides is 1. The van der Waals surface area contributed by atoms with Gasteiger partial charge in [0.15, 0.2) is 0 Å². The summed E-state index contributed by atoms with van der Waals surface area (Å²) in [7, 11) is 1.97. The van der Waals surface area contributed by atoms with Crippen molar-refractivity contribution in [3.8, 4) is 0 Å². The molecule has 1 aromatic rings. The highest BCUT2D eigenvalue weighted by Gasteiger charge is 2.53. The van der Waals surface area contributed by atoms with E-state index < -0.39 is 6.41 Å². The predicted molar refractivity (Wildman–Crippen MR) is 102 cm³/mol. The molecule has 0 aromatic heterocycles. The molecule has 0 bridgehead atoms. The molecule has 5 heteroatoms. The van der Waals surface area contributed by atoms with Gasteiger partial charge in [-0.05, 0) is 68.4 Å². The molecule has 27 heavy (non-hydrogen) atoms. The van der Waals surface area contributed by atoms with Crippen LogP contribution in [0.15, 0.2) is 18.2 Å². The molecule has 0 radical (unpaired) electrons. The van der Waals surface area contributed by atoms with E-state index >= 15 is 0 Å². The lowest BCUT2D eigenvalue weighted by Gasteiger charge is -2.48. The van der Waals surface area contributed by atoms with Crippen LogP contribution in [0.25, 0.3) is 0 Å². The normalized spacial score (nSPS) is 37.7. The Balaban J connectivity index is 1.16. The van der Waals surface area contributed by atoms with Gasteiger partial charge in [0, 0.05) is 24.5 Å². The van der Waals surface area contributed by atoms with Crippen LogP contribution in [0.3, 0.4) is 0 Å². The number of rotatable bonds is 4. The quantitative estimate of drug-likeness (QED) is 0.855. The van der Waals surface area contributed by atoms with E-state index in [1.807, 2.05) is 11.9 Å². The molecule has 1 saturated heterocycles. The number of hydrogen-bond donors (Lipinski definition) is 2. The van der Waals surface area contributed by atoms with Crippen molar-refractivity contribution in [3.05, 3.63) is 34.9 Å². The van der Waals surface area contributed by atoms with Gasteiger partial charge in [0.05, 0.1) is 6.61 Å². The van der Waals surface area contributed by atoms with Gasteiger partial charge in [-0.25, -0.2) is 0 Å². The lowest BCUT2D eigenvalue weighted by Crippen LogP contribution is -2.59. The fourth-order valence-electron chi connectivity index (χ4n) is 5.25. The Kier molecular flexibility index (Phi) is 4.12. The third-order valence-electron chi connectivity index (χ3n) is 7.22. The van der Waals surface area contributed by atoms with Crippen LogP contribution in [0.4, 0.5) is 0 Å². The lowest BCUT2D eigenvalue weighted by molar-refractivity contribution is -0.143. The summed E-state index contributed by atoms with van der Waals surface area (Å²) < 4.78 is 5.20. The topological polar surface area (TPSA) is 61.8 Å². The maximum absolute atomic E-state index is 12.8. The molecule has 5 rings (SSSR count). The van der Waals surface area contributed by atoms with Gasteiger partial charge in [-0.1, -0.05) is 23.8 Å². The van der Waals surface area contributed by atoms with Gasteiger partial charge in [-0.3, -0.25) is 10.1 Å². The van der Waals surface area contributed by atoms with Crippen LogP contribution in [-0.2, 0) is 9.53 Å². The van der Waals surface area contributed by atoms with E-state index in [4.69, 9.17) is 4.74 Å². The molecule has 1 spiro atoms. The summed E-state index contributed by atoms with van der Waals surface area (Å²) in [6.07, 6.45) is 5.50. The summed E-state index contributed by atoms with van der Waals surface area (Å²) in [6.45, 7) is 2.70. The molecule has 1 unspecified atom stereocenters. The fraction of sp³-hybridized carbons (Fsp3) is 0.682. The molecule has 1 atom stereocenters. The number of nitrogens with zero attached hydrogens (tertiary/aromatic N) is 1. The lowest BCUT2D eigenvalue weighted by atomic mass is 9.67. The Morgan fingerprint density at radius 3 is 2.44 bits per heavy atom. The van der Waals surface area contributed by atoms with E-state index in [9.17, 15) is 9.90 Å². The molecule has 3 saturated carbocycles. The zero-order valence-electron chi connectivity index (χ0n) is 16.3. The molecular weight excluding hydrogens is 340 g/mol. The highest BCUT2D eigenvalue weighted by molar-refractivity contribution is 5.80. The Hall–Kier alpha value is -1.43. The van der Waals surface area contributed by atoms with Crippen molar-refractivity contribution in [1.29, 1.82) is 0 Å². The molecule has 1 amide bonds. The molecule has 4 aliphatic rings. The minimum absolute atomic E-state index is 0.0656. The standard InChI is InChI=1S/C22H30N2O3/c1-13-5-15(14-3-4-14)7-16(6-13)17-8-19(9-17)24(2)20(25)18-10-22(11-18)12-27-21(26)23-22/h5-7,14,17-19,21,23,26H,3-4,8-12H2,1-2H3. The summed E-state index contributed by atoms with van der Waals surface area (Å²) >= 11 is 0. The highest BCUT2D eigenvalue weighted by atomic mass is 16.6. The summed E-state index contributed by atoms with van der Waals surface area (Å²) in [6, 6.07) is 7.46. The summed E-state index contributed by atoms with van der Waals surface area (Å²) in [5, 5.41) is 12.5. The summed E-state index contributed by atoms with van der Waals surface area (Å²) in [5.74, 6) is 1.71. The monoisotopic (exact) mass is 370 g/mol. The third-order valence-corrected chi connectivity index (χ3v) is 7.22. The molecule has 1 aliphatic heterocycles. The Morgan fingerprint density at radius 2 is 1.85 bits per heavy atom. The molecular formula is C22H30N2O3. The number of carbonyl (C=O) groups excluding carboxylic acids is 1. The van der Waals surface area contributed by atoms with E-state index in [2.05, 4.69) is 30.4 Å². The first kappa shape index (κ1) is 17.7. The number of aliphatic hydroxyl groups excluding tert-OH is 1. The van der Waals surface area contributed by atoms with Crippen LogP contribution in [0.5, 0.6) is 0 Å². The number of carbonyl (C=O) groups is 1. The van der Waals surface area contributed by atoms with Crippen molar-refractivity contribution in [2.45, 2.75) is 75.3 Å². The maximum atomic E-state index is 12.8. The van der Waals surface area contributed by atoms with Crippen molar-refractivity contribution < 1.29 is 14.6 Å². The zero-order valence-corrected chi connectivity index (χ0v) is 16.3. The molecule has 1 heterocycles. The first-order chi connectivity index (χ1) is 12.9. The first-order valence-corrected chi connectivity index (χ1v) is 10.4. The van der Waals surface area contributed by atoms with Crippen molar-refractivity contribution in [1.82, 2.24) is 10.2 Å². The smallest absolute Gasteiger partial charge is 0.225 e. The predicted octanol–water partition coefficient (Wildman–Crippen LogP) is 2.62. The molecule has 1 aromatic carbocycles. The van der Waals surface area contributed by atoms with Gasteiger partial charge < -0.3 is 14.7 Å². The van der Waals surface area contributed by atoms with Crippen molar-refractivity contribution in [2.24, 2.45) is 5.92 Å². The van der Waals surface area contributed by atoms with E-state index in [0.29, 0.717) is 18.6 Å². The Morgan fingerprint density at radius 1 is 1.19 bits per heavy atom. The Labute approximate surface area is 161 Å². The second kappa shape index (κ2) is 6.29. The minimum Gasteiger partial charge on any atom is -0.356 e. The van der Waals surface area contributed by atoms with Gasteiger partial charge >= 0.3 is 0 Å². The van der Waals surface area contributed by atoms with Gasteiger partial charge in [-0.15, -0.1) is 0 Å². The van der Waals surface area contributed by atoms with E-state index in [1.165, 1.54) is 29.5 Å². The van der Waals surface area contributed by atoms with Crippen LogP contribution in [0.2, 0.25) is 0 Å². The molecule has 146 valence electrons. The van der Waals surface area contributed by atoms with Crippen molar-refractivity contribution >= 4 is 5.91 Å².